The second kappa shape index (κ2) is 9.20. The van der Waals surface area contributed by atoms with Crippen molar-refractivity contribution in [1.82, 2.24) is 10.9 Å². The molecule has 0 aromatic carbocycles. The third-order valence-corrected chi connectivity index (χ3v) is 3.77. The zero-order valence-corrected chi connectivity index (χ0v) is 14.4. The van der Waals surface area contributed by atoms with E-state index in [9.17, 15) is 9.59 Å². The van der Waals surface area contributed by atoms with Crippen LogP contribution >= 0.6 is 11.6 Å². The molecule has 1 rings (SSSR count). The normalized spacial score (nSPS) is 17.6. The van der Waals surface area contributed by atoms with Gasteiger partial charge in [-0.05, 0) is 52.4 Å². The van der Waals surface area contributed by atoms with E-state index in [-0.39, 0.29) is 17.7 Å². The number of alkyl halides is 1. The van der Waals surface area contributed by atoms with E-state index in [0.717, 1.165) is 19.3 Å². The van der Waals surface area contributed by atoms with Crippen molar-refractivity contribution in [3.63, 3.8) is 0 Å². The lowest BCUT2D eigenvalue weighted by Gasteiger charge is -2.29. The van der Waals surface area contributed by atoms with Crippen LogP contribution in [0.3, 0.4) is 0 Å². The Morgan fingerprint density at radius 3 is 2.45 bits per heavy atom. The molecule has 1 heterocycles. The minimum Gasteiger partial charge on any atom is -0.443 e. The summed E-state index contributed by atoms with van der Waals surface area (Å²) >= 11 is 5.74. The molecule has 1 fully saturated rings. The first-order chi connectivity index (χ1) is 10.3. The summed E-state index contributed by atoms with van der Waals surface area (Å²) < 4.78 is 10.4. The van der Waals surface area contributed by atoms with Crippen LogP contribution in [0, 0.1) is 11.8 Å². The van der Waals surface area contributed by atoms with Crippen LogP contribution in [0.15, 0.2) is 0 Å². The first-order valence-electron chi connectivity index (χ1n) is 7.76. The van der Waals surface area contributed by atoms with Gasteiger partial charge in [0.25, 0.3) is 0 Å². The fraction of sp³-hybridized carbons (Fsp3) is 0.867. The van der Waals surface area contributed by atoms with Gasteiger partial charge in [0, 0.05) is 25.0 Å². The topological polar surface area (TPSA) is 76.7 Å². The molecular weight excluding hydrogens is 308 g/mol. The van der Waals surface area contributed by atoms with Crippen molar-refractivity contribution < 1.29 is 19.1 Å². The Bertz CT molecular complexity index is 365. The molecule has 1 aliphatic rings. The number of nitrogens with one attached hydrogen (secondary N) is 2. The van der Waals surface area contributed by atoms with Gasteiger partial charge in [0.2, 0.25) is 5.91 Å². The van der Waals surface area contributed by atoms with Gasteiger partial charge in [0.15, 0.2) is 0 Å². The predicted molar refractivity (Wildman–Crippen MR) is 84.5 cm³/mol. The number of hydrogen-bond acceptors (Lipinski definition) is 4. The summed E-state index contributed by atoms with van der Waals surface area (Å²) in [4.78, 5) is 23.9. The number of hydrogen-bond donors (Lipinski definition) is 2. The molecule has 0 aromatic rings. The highest BCUT2D eigenvalue weighted by Crippen LogP contribution is 2.27. The predicted octanol–water partition coefficient (Wildman–Crippen LogP) is 2.60. The number of carbonyl (C=O) groups is 2. The molecule has 128 valence electrons. The molecule has 0 radical (unpaired) electrons. The molecule has 1 atom stereocenters. The molecule has 0 aliphatic carbocycles. The van der Waals surface area contributed by atoms with Gasteiger partial charge in [-0.3, -0.25) is 10.2 Å². The highest BCUT2D eigenvalue weighted by atomic mass is 35.5. The molecule has 1 aliphatic heterocycles. The Hall–Kier alpha value is -1.01. The molecule has 1 unspecified atom stereocenters. The zero-order valence-electron chi connectivity index (χ0n) is 13.6. The number of hydrazine groups is 1. The van der Waals surface area contributed by atoms with Crippen molar-refractivity contribution in [3.05, 3.63) is 0 Å². The number of rotatable bonds is 5. The van der Waals surface area contributed by atoms with Crippen LogP contribution in [0.4, 0.5) is 4.79 Å². The van der Waals surface area contributed by atoms with Crippen LogP contribution in [0.2, 0.25) is 0 Å². The minimum atomic E-state index is -0.663. The van der Waals surface area contributed by atoms with Crippen molar-refractivity contribution in [2.75, 3.05) is 19.1 Å². The standard InChI is InChI=1S/C15H27ClN2O4/c1-15(2,3)22-14(20)18-17-13(19)12(5-4-8-16)11-6-9-21-10-7-11/h11-12H,4-10H2,1-3H3,(H,17,19)(H,18,20). The second-order valence-electron chi connectivity index (χ2n) is 6.50. The third-order valence-electron chi connectivity index (χ3n) is 3.51. The van der Waals surface area contributed by atoms with Crippen molar-refractivity contribution in [2.45, 2.75) is 52.1 Å². The maximum Gasteiger partial charge on any atom is 0.426 e. The van der Waals surface area contributed by atoms with Gasteiger partial charge in [-0.2, -0.15) is 0 Å². The quantitative estimate of drug-likeness (QED) is 0.598. The summed E-state index contributed by atoms with van der Waals surface area (Å²) in [5, 5.41) is 0. The lowest BCUT2D eigenvalue weighted by atomic mass is 9.82. The van der Waals surface area contributed by atoms with E-state index in [1.807, 2.05) is 0 Å². The van der Waals surface area contributed by atoms with Gasteiger partial charge in [-0.1, -0.05) is 0 Å². The maximum atomic E-state index is 12.4. The average Bonchev–Trinajstić information content (AvgIpc) is 2.45. The van der Waals surface area contributed by atoms with Crippen molar-refractivity contribution in [3.8, 4) is 0 Å². The molecule has 2 N–H and O–H groups in total. The second-order valence-corrected chi connectivity index (χ2v) is 6.88. The van der Waals surface area contributed by atoms with Gasteiger partial charge in [0.05, 0.1) is 0 Å². The summed E-state index contributed by atoms with van der Waals surface area (Å²) in [5.74, 6) is 0.421. The molecule has 0 saturated carbocycles. The Balaban J connectivity index is 2.50. The monoisotopic (exact) mass is 334 g/mol. The largest absolute Gasteiger partial charge is 0.443 e. The molecular formula is C15H27ClN2O4. The van der Waals surface area contributed by atoms with Crippen molar-refractivity contribution in [2.24, 2.45) is 11.8 Å². The van der Waals surface area contributed by atoms with E-state index in [1.165, 1.54) is 0 Å². The summed E-state index contributed by atoms with van der Waals surface area (Å²) in [5.41, 5.74) is 4.17. The molecule has 0 spiro atoms. The Labute approximate surface area is 137 Å². The summed E-state index contributed by atoms with van der Waals surface area (Å²) in [7, 11) is 0. The van der Waals surface area contributed by atoms with Gasteiger partial charge in [-0.15, -0.1) is 11.6 Å². The lowest BCUT2D eigenvalue weighted by Crippen LogP contribution is -2.48. The summed E-state index contributed by atoms with van der Waals surface area (Å²) in [6.45, 7) is 6.64. The first-order valence-corrected chi connectivity index (χ1v) is 8.29. The van der Waals surface area contributed by atoms with Crippen LogP contribution in [-0.2, 0) is 14.3 Å². The number of halogens is 1. The van der Waals surface area contributed by atoms with E-state index in [1.54, 1.807) is 20.8 Å². The fourth-order valence-electron chi connectivity index (χ4n) is 2.51. The van der Waals surface area contributed by atoms with Gasteiger partial charge in [-0.25, -0.2) is 10.2 Å². The smallest absolute Gasteiger partial charge is 0.426 e. The summed E-state index contributed by atoms with van der Waals surface area (Å²) in [6, 6.07) is 0. The van der Waals surface area contributed by atoms with Crippen LogP contribution in [0.25, 0.3) is 0 Å². The molecule has 7 heteroatoms. The maximum absolute atomic E-state index is 12.4. The lowest BCUT2D eigenvalue weighted by molar-refractivity contribution is -0.129. The van der Waals surface area contributed by atoms with Gasteiger partial charge < -0.3 is 9.47 Å². The Morgan fingerprint density at radius 1 is 1.27 bits per heavy atom. The highest BCUT2D eigenvalue weighted by molar-refractivity contribution is 6.17. The van der Waals surface area contributed by atoms with E-state index < -0.39 is 11.7 Å². The highest BCUT2D eigenvalue weighted by Gasteiger charge is 2.30. The third kappa shape index (κ3) is 7.31. The van der Waals surface area contributed by atoms with E-state index in [4.69, 9.17) is 21.1 Å². The van der Waals surface area contributed by atoms with Crippen molar-refractivity contribution in [1.29, 1.82) is 0 Å². The number of carbonyl (C=O) groups excluding carboxylic acids is 2. The number of ether oxygens (including phenoxy) is 2. The van der Waals surface area contributed by atoms with Crippen molar-refractivity contribution >= 4 is 23.6 Å². The number of amides is 2. The van der Waals surface area contributed by atoms with E-state index in [2.05, 4.69) is 10.9 Å². The minimum absolute atomic E-state index is 0.169. The Morgan fingerprint density at radius 2 is 1.91 bits per heavy atom. The average molecular weight is 335 g/mol. The fourth-order valence-corrected chi connectivity index (χ4v) is 2.66. The molecule has 2 amide bonds. The van der Waals surface area contributed by atoms with Gasteiger partial charge >= 0.3 is 6.09 Å². The molecule has 6 nitrogen and oxygen atoms in total. The van der Waals surface area contributed by atoms with Crippen LogP contribution < -0.4 is 10.9 Å². The van der Waals surface area contributed by atoms with Crippen LogP contribution in [-0.4, -0.2) is 36.7 Å². The van der Waals surface area contributed by atoms with Crippen LogP contribution in [0.1, 0.15) is 46.5 Å². The first kappa shape index (κ1) is 19.0. The van der Waals surface area contributed by atoms with E-state index >= 15 is 0 Å². The molecule has 0 aromatic heterocycles. The Kier molecular flexibility index (Phi) is 7.96. The van der Waals surface area contributed by atoms with E-state index in [0.29, 0.717) is 25.5 Å². The molecule has 22 heavy (non-hydrogen) atoms. The van der Waals surface area contributed by atoms with Crippen LogP contribution in [0.5, 0.6) is 0 Å². The zero-order chi connectivity index (χ0) is 16.6. The SMILES string of the molecule is CC(C)(C)OC(=O)NNC(=O)C(CCCCl)C1CCOCC1. The molecule has 1 saturated heterocycles. The molecule has 0 bridgehead atoms. The van der Waals surface area contributed by atoms with Gasteiger partial charge in [0.1, 0.15) is 5.60 Å². The summed E-state index contributed by atoms with van der Waals surface area (Å²) in [6.07, 6.45) is 2.52.